The number of aromatic amines is 1. The van der Waals surface area contributed by atoms with Crippen LogP contribution < -0.4 is 20.9 Å². The molecule has 3 rings (SSSR count). The highest BCUT2D eigenvalue weighted by Crippen LogP contribution is 2.47. The second kappa shape index (κ2) is 10.8. The molecule has 0 radical (unpaired) electrons. The normalized spacial score (nSPS) is 26.6. The van der Waals surface area contributed by atoms with Gasteiger partial charge in [-0.2, -0.15) is 5.09 Å². The Bertz CT molecular complexity index is 1190. The molecule has 14 heteroatoms. The van der Waals surface area contributed by atoms with Crippen molar-refractivity contribution in [1.82, 2.24) is 14.6 Å². The number of rotatable bonds is 10. The summed E-state index contributed by atoms with van der Waals surface area (Å²) in [5, 5.41) is 13.0. The third-order valence-corrected chi connectivity index (χ3v) is 6.83. The van der Waals surface area contributed by atoms with Crippen molar-refractivity contribution in [1.29, 1.82) is 0 Å². The Morgan fingerprint density at radius 2 is 2.03 bits per heavy atom. The summed E-state index contributed by atoms with van der Waals surface area (Å²) in [6.07, 6.45) is -3.78. The van der Waals surface area contributed by atoms with Crippen LogP contribution in [0.15, 0.2) is 52.2 Å². The molecule has 0 saturated carbocycles. The fourth-order valence-electron chi connectivity index (χ4n) is 3.40. The number of para-hydroxylation sites is 1. The summed E-state index contributed by atoms with van der Waals surface area (Å²) in [6.45, 7) is 3.47. The monoisotopic (exact) mass is 515 g/mol. The number of aliphatic hydroxyl groups excluding tert-OH is 1. The van der Waals surface area contributed by atoms with Crippen molar-refractivity contribution in [2.45, 2.75) is 50.9 Å². The van der Waals surface area contributed by atoms with Gasteiger partial charge in [-0.3, -0.25) is 23.7 Å². The van der Waals surface area contributed by atoms with Gasteiger partial charge in [0.15, 0.2) is 11.9 Å². The number of nitrogens with zero attached hydrogens (tertiary/aromatic N) is 1. The Labute approximate surface area is 199 Å². The molecular formula is C21H27FN3O9P. The van der Waals surface area contributed by atoms with Crippen molar-refractivity contribution >= 4 is 13.7 Å². The maximum atomic E-state index is 15.4. The highest BCUT2D eigenvalue weighted by Gasteiger charge is 2.55. The van der Waals surface area contributed by atoms with Crippen molar-refractivity contribution in [3.05, 3.63) is 63.4 Å². The molecular weight excluding hydrogens is 488 g/mol. The van der Waals surface area contributed by atoms with Gasteiger partial charge < -0.3 is 19.1 Å². The summed E-state index contributed by atoms with van der Waals surface area (Å²) in [4.78, 5) is 37.5. The number of ether oxygens (including phenoxy) is 2. The number of hydrogen-bond acceptors (Lipinski definition) is 9. The average Bonchev–Trinajstić information content (AvgIpc) is 3.02. The molecule has 2 heterocycles. The number of carbonyl (C=O) groups is 1. The zero-order chi connectivity index (χ0) is 25.8. The highest BCUT2D eigenvalue weighted by molar-refractivity contribution is 7.52. The minimum atomic E-state index is -4.28. The smallest absolute Gasteiger partial charge is 0.459 e. The van der Waals surface area contributed by atoms with Crippen molar-refractivity contribution in [3.63, 3.8) is 0 Å². The number of nitrogens with one attached hydrogen (secondary N) is 2. The molecule has 1 unspecified atom stereocenters. The predicted octanol–water partition coefficient (Wildman–Crippen LogP) is 1.27. The summed E-state index contributed by atoms with van der Waals surface area (Å²) in [5.41, 5.74) is -4.11. The molecule has 1 aromatic carbocycles. The number of aromatic nitrogens is 2. The van der Waals surface area contributed by atoms with Crippen LogP contribution in [0.2, 0.25) is 0 Å². The first kappa shape index (κ1) is 26.8. The maximum absolute atomic E-state index is 15.4. The zero-order valence-corrected chi connectivity index (χ0v) is 20.1. The van der Waals surface area contributed by atoms with E-state index in [9.17, 15) is 24.1 Å². The Kier molecular flexibility index (Phi) is 8.29. The second-order valence-electron chi connectivity index (χ2n) is 7.94. The number of hydrogen-bond donors (Lipinski definition) is 3. The quantitative estimate of drug-likeness (QED) is 0.311. The summed E-state index contributed by atoms with van der Waals surface area (Å²) in [6, 6.07) is 7.86. The number of aliphatic hydroxyl groups is 1. The van der Waals surface area contributed by atoms with Gasteiger partial charge in [-0.25, -0.2) is 13.8 Å². The SMILES string of the molecule is CCOC(=O)[C@H](C)NP(=O)(OC[C@H]1O[C@@H](n2ccc(=O)[nH]c2=O)[C@](C)(F)[C@@H]1O)Oc1ccccc1. The molecule has 1 fully saturated rings. The number of esters is 1. The first-order valence-corrected chi connectivity index (χ1v) is 12.3. The largest absolute Gasteiger partial charge is 0.465 e. The molecule has 6 atom stereocenters. The van der Waals surface area contributed by atoms with Crippen molar-refractivity contribution in [2.24, 2.45) is 0 Å². The van der Waals surface area contributed by atoms with Gasteiger partial charge in [-0.1, -0.05) is 18.2 Å². The Morgan fingerprint density at radius 1 is 1.34 bits per heavy atom. The van der Waals surface area contributed by atoms with Gasteiger partial charge in [0.25, 0.3) is 5.56 Å². The third-order valence-electron chi connectivity index (χ3n) is 5.19. The molecule has 0 bridgehead atoms. The summed E-state index contributed by atoms with van der Waals surface area (Å²) in [7, 11) is -4.28. The van der Waals surface area contributed by atoms with Crippen LogP contribution in [0.4, 0.5) is 4.39 Å². The van der Waals surface area contributed by atoms with Crippen LogP contribution in [0.25, 0.3) is 0 Å². The predicted molar refractivity (Wildman–Crippen MR) is 121 cm³/mol. The Morgan fingerprint density at radius 3 is 2.66 bits per heavy atom. The van der Waals surface area contributed by atoms with E-state index in [2.05, 4.69) is 5.09 Å². The standard InChI is InChI=1S/C21H27FN3O9P/c1-4-31-18(28)13(2)24-35(30,34-14-8-6-5-7-9-14)32-12-15-17(27)21(3,22)19(33-15)25-11-10-16(26)23-20(25)29/h5-11,13,15,17,19,27H,4,12H2,1-3H3,(H,24,30)(H,23,26,29)/t13-,15+,17+,19+,21+,35?/m0/s1. The molecule has 1 saturated heterocycles. The third kappa shape index (κ3) is 6.24. The first-order chi connectivity index (χ1) is 16.5. The number of benzene rings is 1. The molecule has 1 aliphatic rings. The molecule has 3 N–H and O–H groups in total. The molecule has 2 aromatic rings. The van der Waals surface area contributed by atoms with E-state index < -0.39 is 61.7 Å². The van der Waals surface area contributed by atoms with Crippen LogP contribution >= 0.6 is 7.75 Å². The van der Waals surface area contributed by atoms with Gasteiger partial charge in [0.2, 0.25) is 0 Å². The van der Waals surface area contributed by atoms with Crippen LogP contribution in [-0.2, 0) is 23.4 Å². The molecule has 0 amide bonds. The Balaban J connectivity index is 1.80. The summed E-state index contributed by atoms with van der Waals surface area (Å²) in [5.74, 6) is -0.556. The average molecular weight is 515 g/mol. The van der Waals surface area contributed by atoms with Gasteiger partial charge in [-0.05, 0) is 32.9 Å². The van der Waals surface area contributed by atoms with Gasteiger partial charge in [0, 0.05) is 12.3 Å². The molecule has 1 aliphatic heterocycles. The second-order valence-corrected chi connectivity index (χ2v) is 9.63. The van der Waals surface area contributed by atoms with Gasteiger partial charge in [0.05, 0.1) is 13.2 Å². The number of halogens is 1. The molecule has 0 spiro atoms. The van der Waals surface area contributed by atoms with Crippen molar-refractivity contribution < 1.29 is 37.4 Å². The first-order valence-electron chi connectivity index (χ1n) is 10.7. The zero-order valence-electron chi connectivity index (χ0n) is 19.3. The number of H-pyrrole nitrogens is 1. The van der Waals surface area contributed by atoms with E-state index in [4.69, 9.17) is 18.5 Å². The van der Waals surface area contributed by atoms with Crippen LogP contribution in [0.1, 0.15) is 27.0 Å². The van der Waals surface area contributed by atoms with Crippen LogP contribution in [-0.4, -0.2) is 57.8 Å². The van der Waals surface area contributed by atoms with E-state index in [1.54, 1.807) is 25.1 Å². The van der Waals surface area contributed by atoms with E-state index in [1.165, 1.54) is 19.1 Å². The fraction of sp³-hybridized carbons (Fsp3) is 0.476. The lowest BCUT2D eigenvalue weighted by atomic mass is 9.98. The Hall–Kier alpha value is -2.83. The van der Waals surface area contributed by atoms with E-state index in [0.29, 0.717) is 0 Å². The summed E-state index contributed by atoms with van der Waals surface area (Å²) < 4.78 is 51.0. The molecule has 1 aromatic heterocycles. The van der Waals surface area contributed by atoms with Crippen LogP contribution in [0, 0.1) is 0 Å². The topological polar surface area (TPSA) is 158 Å². The van der Waals surface area contributed by atoms with Gasteiger partial charge in [-0.15, -0.1) is 0 Å². The van der Waals surface area contributed by atoms with Crippen LogP contribution in [0.5, 0.6) is 5.75 Å². The molecule has 192 valence electrons. The number of alkyl halides is 1. The van der Waals surface area contributed by atoms with Crippen LogP contribution in [0.3, 0.4) is 0 Å². The fourth-order valence-corrected chi connectivity index (χ4v) is 4.90. The van der Waals surface area contributed by atoms with E-state index in [0.717, 1.165) is 23.8 Å². The van der Waals surface area contributed by atoms with Gasteiger partial charge >= 0.3 is 19.4 Å². The minimum Gasteiger partial charge on any atom is -0.465 e. The van der Waals surface area contributed by atoms with E-state index in [-0.39, 0.29) is 12.4 Å². The lowest BCUT2D eigenvalue weighted by molar-refractivity contribution is -0.144. The minimum absolute atomic E-state index is 0.0955. The van der Waals surface area contributed by atoms with Crippen molar-refractivity contribution in [3.8, 4) is 5.75 Å². The summed E-state index contributed by atoms with van der Waals surface area (Å²) >= 11 is 0. The van der Waals surface area contributed by atoms with E-state index >= 15 is 4.39 Å². The van der Waals surface area contributed by atoms with Crippen molar-refractivity contribution in [2.75, 3.05) is 13.2 Å². The van der Waals surface area contributed by atoms with Gasteiger partial charge in [0.1, 0.15) is 24.0 Å². The lowest BCUT2D eigenvalue weighted by Crippen LogP contribution is -2.43. The molecule has 0 aliphatic carbocycles. The molecule has 35 heavy (non-hydrogen) atoms. The number of carbonyl (C=O) groups excluding carboxylic acids is 1. The highest BCUT2D eigenvalue weighted by atomic mass is 31.2. The maximum Gasteiger partial charge on any atom is 0.459 e. The van der Waals surface area contributed by atoms with E-state index in [1.807, 2.05) is 4.98 Å². The lowest BCUT2D eigenvalue weighted by Gasteiger charge is -2.25. The molecule has 12 nitrogen and oxygen atoms in total.